The molecule has 0 fully saturated rings. The van der Waals surface area contributed by atoms with E-state index in [4.69, 9.17) is 17.3 Å². The quantitative estimate of drug-likeness (QED) is 0.443. The van der Waals surface area contributed by atoms with Crippen LogP contribution < -0.4 is 11.1 Å². The van der Waals surface area contributed by atoms with Crippen LogP contribution in [-0.4, -0.2) is 43.0 Å². The average molecular weight is 501 g/mol. The molecule has 0 radical (unpaired) electrons. The lowest BCUT2D eigenvalue weighted by molar-refractivity contribution is 0.102. The fraction of sp³-hybridized carbons (Fsp3) is 0.409. The van der Waals surface area contributed by atoms with Crippen LogP contribution in [0.3, 0.4) is 0 Å². The molecule has 1 aromatic heterocycles. The number of hydrogen-bond donors (Lipinski definition) is 4. The molecule has 1 aliphatic heterocycles. The van der Waals surface area contributed by atoms with Crippen LogP contribution in [0.1, 0.15) is 55.2 Å². The maximum absolute atomic E-state index is 14.9. The van der Waals surface area contributed by atoms with Gasteiger partial charge < -0.3 is 11.1 Å². The highest BCUT2D eigenvalue weighted by Gasteiger charge is 2.51. The van der Waals surface area contributed by atoms with E-state index in [1.165, 1.54) is 32.2 Å². The summed E-state index contributed by atoms with van der Waals surface area (Å²) in [4.78, 5) is 21.2. The monoisotopic (exact) mass is 500 g/mol. The predicted molar refractivity (Wildman–Crippen MR) is 129 cm³/mol. The molecular formula is C22H27ClF2N4O3S. The predicted octanol–water partition coefficient (Wildman–Crippen LogP) is 5.31. The molecule has 1 aromatic carbocycles. The van der Waals surface area contributed by atoms with Crippen molar-refractivity contribution in [3.05, 3.63) is 58.1 Å². The molecular weight excluding hydrogens is 474 g/mol. The van der Waals surface area contributed by atoms with Gasteiger partial charge in [-0.15, -0.1) is 0 Å². The van der Waals surface area contributed by atoms with Gasteiger partial charge in [-0.3, -0.25) is 18.9 Å². The van der Waals surface area contributed by atoms with Crippen molar-refractivity contribution in [3.8, 4) is 0 Å². The van der Waals surface area contributed by atoms with Crippen LogP contribution in [0.25, 0.3) is 0 Å². The summed E-state index contributed by atoms with van der Waals surface area (Å²) in [6.07, 6.45) is 1.35. The van der Waals surface area contributed by atoms with Crippen molar-refractivity contribution in [1.29, 1.82) is 0 Å². The summed E-state index contributed by atoms with van der Waals surface area (Å²) in [7, 11) is -3.47. The number of amides is 1. The number of carbonyl (C=O) groups is 1. The number of hydrogen-bond acceptors (Lipinski definition) is 6. The number of nitrogens with zero attached hydrogens (tertiary/aromatic N) is 2. The molecule has 0 bridgehead atoms. The number of aromatic nitrogens is 1. The minimum Gasteiger partial charge on any atom is -0.386 e. The van der Waals surface area contributed by atoms with Crippen molar-refractivity contribution in [2.24, 2.45) is 10.7 Å². The lowest BCUT2D eigenvalue weighted by Crippen LogP contribution is -2.53. The summed E-state index contributed by atoms with van der Waals surface area (Å²) in [5, 5.41) is 3.03. The average Bonchev–Trinajstić information content (AvgIpc) is 2.73. The molecule has 33 heavy (non-hydrogen) atoms. The number of anilines is 1. The molecule has 2 heterocycles. The first-order chi connectivity index (χ1) is 15.2. The fourth-order valence-electron chi connectivity index (χ4n) is 3.59. The number of alkyl halides is 1. The maximum Gasteiger partial charge on any atom is 0.274 e. The Kier molecular flexibility index (Phi) is 6.78. The number of nitrogens with two attached hydrogens (primary N) is 1. The Hall–Kier alpha value is -2.27. The fourth-order valence-corrected chi connectivity index (χ4v) is 5.46. The molecule has 0 saturated carbocycles. The number of rotatable bonds is 5. The third-order valence-electron chi connectivity index (χ3n) is 5.88. The SMILES string of the molecule is CC(C)c1cc(Cl)cnc1C(=O)Nc1ccc(F)c([C@@]2(CF)CS(O)(O)C(C)(C)C(N)=N2)c1. The van der Waals surface area contributed by atoms with Gasteiger partial charge >= 0.3 is 0 Å². The number of nitrogens with one attached hydrogen (secondary N) is 1. The van der Waals surface area contributed by atoms with E-state index < -0.39 is 45.0 Å². The molecule has 7 nitrogen and oxygen atoms in total. The Balaban J connectivity index is 2.03. The Bertz CT molecular complexity index is 1130. The van der Waals surface area contributed by atoms with Crippen molar-refractivity contribution in [2.45, 2.75) is 43.9 Å². The van der Waals surface area contributed by atoms with E-state index in [1.807, 2.05) is 13.8 Å². The summed E-state index contributed by atoms with van der Waals surface area (Å²) in [5.74, 6) is -2.14. The van der Waals surface area contributed by atoms with Crippen molar-refractivity contribution in [1.82, 2.24) is 4.98 Å². The molecule has 11 heteroatoms. The minimum absolute atomic E-state index is 0.0383. The zero-order valence-corrected chi connectivity index (χ0v) is 20.3. The molecule has 0 unspecified atom stereocenters. The van der Waals surface area contributed by atoms with Gasteiger partial charge in [-0.05, 0) is 49.6 Å². The highest BCUT2D eigenvalue weighted by atomic mass is 35.5. The zero-order valence-electron chi connectivity index (χ0n) is 18.7. The van der Waals surface area contributed by atoms with Crippen LogP contribution in [0.15, 0.2) is 35.5 Å². The van der Waals surface area contributed by atoms with E-state index in [-0.39, 0.29) is 28.7 Å². The molecule has 180 valence electrons. The van der Waals surface area contributed by atoms with Gasteiger partial charge in [0.2, 0.25) is 0 Å². The number of pyridine rings is 1. The van der Waals surface area contributed by atoms with Gasteiger partial charge in [0, 0.05) is 17.4 Å². The number of halogens is 3. The van der Waals surface area contributed by atoms with Crippen LogP contribution >= 0.6 is 22.2 Å². The van der Waals surface area contributed by atoms with E-state index >= 15 is 0 Å². The summed E-state index contributed by atoms with van der Waals surface area (Å²) in [6.45, 7) is 5.53. The second kappa shape index (κ2) is 8.83. The van der Waals surface area contributed by atoms with Gasteiger partial charge in [-0.2, -0.15) is 10.6 Å². The lowest BCUT2D eigenvalue weighted by atomic mass is 9.91. The summed E-state index contributed by atoms with van der Waals surface area (Å²) >= 11 is 6.00. The van der Waals surface area contributed by atoms with Crippen LogP contribution in [0, 0.1) is 5.82 Å². The van der Waals surface area contributed by atoms with E-state index in [1.54, 1.807) is 6.07 Å². The molecule has 1 amide bonds. The number of aliphatic imine (C=N–C) groups is 1. The minimum atomic E-state index is -3.47. The Morgan fingerprint density at radius 2 is 2.00 bits per heavy atom. The van der Waals surface area contributed by atoms with Crippen molar-refractivity contribution in [3.63, 3.8) is 0 Å². The first-order valence-electron chi connectivity index (χ1n) is 10.2. The normalized spacial score (nSPS) is 22.5. The molecule has 0 aliphatic carbocycles. The van der Waals surface area contributed by atoms with Gasteiger partial charge in [0.25, 0.3) is 5.91 Å². The molecule has 3 rings (SSSR count). The van der Waals surface area contributed by atoms with Crippen LogP contribution in [0.4, 0.5) is 14.5 Å². The topological polar surface area (TPSA) is 121 Å². The highest BCUT2D eigenvalue weighted by Crippen LogP contribution is 2.59. The molecule has 2 aromatic rings. The third kappa shape index (κ3) is 4.57. The Labute approximate surface area is 197 Å². The second-order valence-electron chi connectivity index (χ2n) is 8.88. The lowest BCUT2D eigenvalue weighted by Gasteiger charge is -2.53. The molecule has 0 saturated heterocycles. The first-order valence-corrected chi connectivity index (χ1v) is 12.3. The van der Waals surface area contributed by atoms with Crippen LogP contribution in [0.5, 0.6) is 0 Å². The van der Waals surface area contributed by atoms with Gasteiger partial charge in [-0.1, -0.05) is 25.4 Å². The van der Waals surface area contributed by atoms with Gasteiger partial charge in [0.1, 0.15) is 34.3 Å². The van der Waals surface area contributed by atoms with E-state index in [0.29, 0.717) is 10.6 Å². The Morgan fingerprint density at radius 1 is 1.33 bits per heavy atom. The summed E-state index contributed by atoms with van der Waals surface area (Å²) in [6, 6.07) is 5.24. The summed E-state index contributed by atoms with van der Waals surface area (Å²) in [5.41, 5.74) is 4.71. The van der Waals surface area contributed by atoms with Crippen molar-refractivity contribution >= 4 is 39.6 Å². The highest BCUT2D eigenvalue weighted by molar-refractivity contribution is 8.26. The molecule has 1 atom stereocenters. The van der Waals surface area contributed by atoms with Gasteiger partial charge in [-0.25, -0.2) is 13.8 Å². The van der Waals surface area contributed by atoms with Crippen molar-refractivity contribution < 1.29 is 22.7 Å². The molecule has 1 aliphatic rings. The maximum atomic E-state index is 14.9. The number of amidine groups is 1. The first kappa shape index (κ1) is 25.4. The number of carbonyl (C=O) groups excluding carboxylic acids is 1. The van der Waals surface area contributed by atoms with E-state index in [2.05, 4.69) is 15.3 Å². The smallest absolute Gasteiger partial charge is 0.274 e. The molecule has 0 spiro atoms. The van der Waals surface area contributed by atoms with Crippen LogP contribution in [0.2, 0.25) is 5.02 Å². The zero-order chi connectivity index (χ0) is 24.8. The standard InChI is InChI=1S/C22H27ClF2N4O3S/c1-12(2)15-7-13(23)9-27-18(15)19(30)28-14-5-6-17(25)16(8-14)22(10-24)11-33(31,32)21(3,4)20(26)29-22/h5-9,12,31-32H,10-11H2,1-4H3,(H2,26,29)(H,28,30)/t22-/m1/s1. The Morgan fingerprint density at radius 3 is 2.58 bits per heavy atom. The number of benzene rings is 1. The second-order valence-corrected chi connectivity index (χ2v) is 12.0. The summed E-state index contributed by atoms with van der Waals surface area (Å²) < 4.78 is 49.3. The molecule has 5 N–H and O–H groups in total. The van der Waals surface area contributed by atoms with Gasteiger partial charge in [0.05, 0.1) is 10.8 Å². The largest absolute Gasteiger partial charge is 0.386 e. The van der Waals surface area contributed by atoms with E-state index in [9.17, 15) is 22.7 Å². The third-order valence-corrected chi connectivity index (χ3v) is 8.81. The van der Waals surface area contributed by atoms with Crippen LogP contribution in [-0.2, 0) is 5.54 Å². The van der Waals surface area contributed by atoms with Gasteiger partial charge in [0.15, 0.2) is 0 Å². The van der Waals surface area contributed by atoms with Crippen molar-refractivity contribution in [2.75, 3.05) is 17.7 Å². The van der Waals surface area contributed by atoms with E-state index in [0.717, 1.165) is 6.07 Å².